The molecule has 0 aromatic carbocycles. The number of hydrogen-bond acceptors (Lipinski definition) is 4. The molecule has 0 spiro atoms. The van der Waals surface area contributed by atoms with Crippen molar-refractivity contribution in [3.05, 3.63) is 0 Å². The zero-order valence-corrected chi connectivity index (χ0v) is 22.7. The maximum Gasteiger partial charge on any atom is 0.0603 e. The SMILES string of the molecule is CC.CC.CC.CCN1CCN(C)CC1C.CN1CCC(OC2CCCCC2)CC1. The van der Waals surface area contributed by atoms with Gasteiger partial charge in [0.1, 0.15) is 0 Å². The molecular weight excluding hydrogens is 370 g/mol. The maximum atomic E-state index is 6.15. The predicted octanol–water partition coefficient (Wildman–Crippen LogP) is 6.15. The molecule has 1 atom stereocenters. The maximum absolute atomic E-state index is 6.15. The second-order valence-electron chi connectivity index (χ2n) is 8.14. The highest BCUT2D eigenvalue weighted by Crippen LogP contribution is 2.24. The molecule has 30 heavy (non-hydrogen) atoms. The molecule has 4 heteroatoms. The number of likely N-dealkylation sites (tertiary alicyclic amines) is 1. The first-order valence-corrected chi connectivity index (χ1v) is 13.3. The lowest BCUT2D eigenvalue weighted by Crippen LogP contribution is -2.50. The molecule has 2 saturated heterocycles. The number of ether oxygens (including phenoxy) is 1. The minimum atomic E-state index is 0.564. The fraction of sp³-hybridized carbons (Fsp3) is 1.00. The minimum Gasteiger partial charge on any atom is -0.375 e. The lowest BCUT2D eigenvalue weighted by molar-refractivity contribution is -0.0532. The van der Waals surface area contributed by atoms with E-state index < -0.39 is 0 Å². The molecule has 0 aromatic rings. The van der Waals surface area contributed by atoms with Crippen LogP contribution in [0.4, 0.5) is 0 Å². The molecule has 3 aliphatic rings. The summed E-state index contributed by atoms with van der Waals surface area (Å²) in [7, 11) is 4.40. The Hall–Kier alpha value is -0.160. The average Bonchev–Trinajstić information content (AvgIpc) is 2.81. The van der Waals surface area contributed by atoms with Crippen molar-refractivity contribution < 1.29 is 4.74 Å². The van der Waals surface area contributed by atoms with E-state index in [0.717, 1.165) is 6.04 Å². The molecule has 2 aliphatic heterocycles. The second-order valence-corrected chi connectivity index (χ2v) is 8.14. The van der Waals surface area contributed by atoms with Crippen LogP contribution in [0.3, 0.4) is 0 Å². The second kappa shape index (κ2) is 22.0. The molecule has 0 N–H and O–H groups in total. The highest BCUT2D eigenvalue weighted by Gasteiger charge is 2.22. The Balaban J connectivity index is 0. The van der Waals surface area contributed by atoms with Crippen LogP contribution in [-0.4, -0.2) is 86.3 Å². The van der Waals surface area contributed by atoms with Gasteiger partial charge in [0.05, 0.1) is 12.2 Å². The third kappa shape index (κ3) is 14.8. The van der Waals surface area contributed by atoms with E-state index >= 15 is 0 Å². The van der Waals surface area contributed by atoms with Gasteiger partial charge in [-0.15, -0.1) is 0 Å². The molecular formula is C26H59N3O. The quantitative estimate of drug-likeness (QED) is 0.535. The van der Waals surface area contributed by atoms with E-state index in [0.29, 0.717) is 12.2 Å². The van der Waals surface area contributed by atoms with Crippen molar-refractivity contribution in [3.8, 4) is 0 Å². The van der Waals surface area contributed by atoms with Crippen molar-refractivity contribution >= 4 is 0 Å². The van der Waals surface area contributed by atoms with Crippen LogP contribution in [-0.2, 0) is 4.74 Å². The fourth-order valence-corrected chi connectivity index (χ4v) is 4.24. The van der Waals surface area contributed by atoms with Crippen LogP contribution in [0.5, 0.6) is 0 Å². The van der Waals surface area contributed by atoms with Gasteiger partial charge in [-0.1, -0.05) is 67.7 Å². The van der Waals surface area contributed by atoms with E-state index in [4.69, 9.17) is 4.74 Å². The Kier molecular flexibility index (Phi) is 23.5. The van der Waals surface area contributed by atoms with Crippen LogP contribution >= 0.6 is 0 Å². The Morgan fingerprint density at radius 2 is 1.17 bits per heavy atom. The number of piperazine rings is 1. The average molecular weight is 430 g/mol. The summed E-state index contributed by atoms with van der Waals surface area (Å²) in [6.07, 6.45) is 10.5. The van der Waals surface area contributed by atoms with Gasteiger partial charge in [-0.25, -0.2) is 0 Å². The number of nitrogens with zero attached hydrogens (tertiary/aromatic N) is 3. The van der Waals surface area contributed by atoms with Crippen LogP contribution in [0.25, 0.3) is 0 Å². The van der Waals surface area contributed by atoms with Gasteiger partial charge in [0, 0.05) is 38.8 Å². The van der Waals surface area contributed by atoms with E-state index in [1.807, 2.05) is 41.5 Å². The number of piperidine rings is 1. The Labute approximate surface area is 191 Å². The summed E-state index contributed by atoms with van der Waals surface area (Å²) in [6, 6.07) is 0.753. The summed E-state index contributed by atoms with van der Waals surface area (Å²) in [5, 5.41) is 0. The molecule has 2 heterocycles. The monoisotopic (exact) mass is 429 g/mol. The lowest BCUT2D eigenvalue weighted by Gasteiger charge is -2.37. The predicted molar refractivity (Wildman–Crippen MR) is 137 cm³/mol. The van der Waals surface area contributed by atoms with E-state index in [9.17, 15) is 0 Å². The smallest absolute Gasteiger partial charge is 0.0603 e. The molecule has 1 unspecified atom stereocenters. The van der Waals surface area contributed by atoms with Crippen LogP contribution < -0.4 is 0 Å². The molecule has 184 valence electrons. The van der Waals surface area contributed by atoms with Gasteiger partial charge in [-0.05, 0) is 53.2 Å². The first-order valence-electron chi connectivity index (χ1n) is 13.3. The number of likely N-dealkylation sites (N-methyl/N-ethyl adjacent to an activating group) is 2. The lowest BCUT2D eigenvalue weighted by atomic mass is 9.97. The zero-order valence-electron chi connectivity index (χ0n) is 22.7. The van der Waals surface area contributed by atoms with Crippen molar-refractivity contribution in [1.82, 2.24) is 14.7 Å². The van der Waals surface area contributed by atoms with Crippen molar-refractivity contribution in [2.75, 3.05) is 53.4 Å². The molecule has 0 aromatic heterocycles. The summed E-state index contributed by atoms with van der Waals surface area (Å²) in [5.41, 5.74) is 0. The van der Waals surface area contributed by atoms with Crippen molar-refractivity contribution in [2.24, 2.45) is 0 Å². The molecule has 1 saturated carbocycles. The molecule has 0 bridgehead atoms. The van der Waals surface area contributed by atoms with E-state index in [1.165, 1.54) is 84.2 Å². The summed E-state index contributed by atoms with van der Waals surface area (Å²) in [5.74, 6) is 0. The highest BCUT2D eigenvalue weighted by molar-refractivity contribution is 4.76. The Morgan fingerprint density at radius 3 is 1.63 bits per heavy atom. The Morgan fingerprint density at radius 1 is 0.667 bits per heavy atom. The summed E-state index contributed by atoms with van der Waals surface area (Å²) < 4.78 is 6.15. The molecule has 0 radical (unpaired) electrons. The first kappa shape index (κ1) is 32.0. The van der Waals surface area contributed by atoms with Gasteiger partial charge in [-0.2, -0.15) is 0 Å². The largest absolute Gasteiger partial charge is 0.375 e. The third-order valence-electron chi connectivity index (χ3n) is 5.98. The normalized spacial score (nSPS) is 24.0. The van der Waals surface area contributed by atoms with Gasteiger partial charge in [0.25, 0.3) is 0 Å². The first-order chi connectivity index (χ1) is 14.6. The zero-order chi connectivity index (χ0) is 23.4. The van der Waals surface area contributed by atoms with Gasteiger partial charge in [0.15, 0.2) is 0 Å². The summed E-state index contributed by atoms with van der Waals surface area (Å²) in [6.45, 7) is 23.9. The van der Waals surface area contributed by atoms with Gasteiger partial charge >= 0.3 is 0 Å². The summed E-state index contributed by atoms with van der Waals surface area (Å²) >= 11 is 0. The molecule has 0 amide bonds. The van der Waals surface area contributed by atoms with Crippen molar-refractivity contribution in [3.63, 3.8) is 0 Å². The summed E-state index contributed by atoms with van der Waals surface area (Å²) in [4.78, 5) is 7.33. The van der Waals surface area contributed by atoms with Crippen LogP contribution in [0, 0.1) is 0 Å². The fourth-order valence-electron chi connectivity index (χ4n) is 4.24. The van der Waals surface area contributed by atoms with Crippen LogP contribution in [0.1, 0.15) is 100 Å². The molecule has 3 fully saturated rings. The standard InChI is InChI=1S/C12H23NO.C8H18N2.3C2H6/c1-13-9-7-12(8-10-13)14-11-5-3-2-4-6-11;1-4-10-6-5-9(3)7-8(10)2;3*1-2/h11-12H,2-10H2,1H3;8H,4-7H2,1-3H3;3*1-2H3. The molecule has 3 rings (SSSR count). The number of hydrogen-bond donors (Lipinski definition) is 0. The highest BCUT2D eigenvalue weighted by atomic mass is 16.5. The van der Waals surface area contributed by atoms with Gasteiger partial charge in [0.2, 0.25) is 0 Å². The topological polar surface area (TPSA) is 19.0 Å². The molecule has 1 aliphatic carbocycles. The van der Waals surface area contributed by atoms with E-state index in [-0.39, 0.29) is 0 Å². The van der Waals surface area contributed by atoms with Crippen LogP contribution in [0.2, 0.25) is 0 Å². The third-order valence-corrected chi connectivity index (χ3v) is 5.98. The van der Waals surface area contributed by atoms with E-state index in [2.05, 4.69) is 42.6 Å². The Bertz CT molecular complexity index is 326. The number of rotatable bonds is 3. The van der Waals surface area contributed by atoms with E-state index in [1.54, 1.807) is 0 Å². The van der Waals surface area contributed by atoms with Crippen molar-refractivity contribution in [2.45, 2.75) is 119 Å². The van der Waals surface area contributed by atoms with Crippen molar-refractivity contribution in [1.29, 1.82) is 0 Å². The van der Waals surface area contributed by atoms with Crippen LogP contribution in [0.15, 0.2) is 0 Å². The minimum absolute atomic E-state index is 0.564. The molecule has 4 nitrogen and oxygen atoms in total. The van der Waals surface area contributed by atoms with Gasteiger partial charge in [-0.3, -0.25) is 4.90 Å². The van der Waals surface area contributed by atoms with Gasteiger partial charge < -0.3 is 14.5 Å².